The molecule has 0 saturated carbocycles. The Morgan fingerprint density at radius 2 is 1.61 bits per heavy atom. The lowest BCUT2D eigenvalue weighted by molar-refractivity contribution is -0.124. The SMILES string of the molecule is CCCCCC/C(CC(=O)CCC(=O)NCCc1ccccc1)=N/NC(=O)c1c(O)ccc2ccccc12. The molecule has 0 saturated heterocycles. The molecule has 3 aromatic rings. The van der Waals surface area contributed by atoms with Crippen LogP contribution >= 0.6 is 0 Å². The molecule has 0 bridgehead atoms. The summed E-state index contributed by atoms with van der Waals surface area (Å²) in [4.78, 5) is 37.8. The third-order valence-electron chi connectivity index (χ3n) is 6.38. The normalized spacial score (nSPS) is 11.3. The zero-order chi connectivity index (χ0) is 27.2. The molecule has 0 fully saturated rings. The molecule has 0 atom stereocenters. The first-order valence-electron chi connectivity index (χ1n) is 13.4. The van der Waals surface area contributed by atoms with Crippen LogP contribution in [-0.4, -0.2) is 35.0 Å². The van der Waals surface area contributed by atoms with Crippen LogP contribution in [0.4, 0.5) is 0 Å². The van der Waals surface area contributed by atoms with E-state index in [0.29, 0.717) is 24.1 Å². The standard InChI is InChI=1S/C31H37N3O4/c1-2-3-4-8-14-25(22-26(35)17-19-29(37)32-21-20-23-11-6-5-7-12-23)33-34-31(38)30-27-15-10-9-13-24(27)16-18-28(30)36/h5-7,9-13,15-16,18,36H,2-4,8,14,17,19-22H2,1H3,(H,32,37)(H,34,38)/b33-25-. The largest absolute Gasteiger partial charge is 0.507 e. The molecule has 3 rings (SSSR count). The highest BCUT2D eigenvalue weighted by molar-refractivity contribution is 6.10. The van der Waals surface area contributed by atoms with Crippen molar-refractivity contribution in [2.75, 3.05) is 6.54 Å². The summed E-state index contributed by atoms with van der Waals surface area (Å²) < 4.78 is 0. The van der Waals surface area contributed by atoms with E-state index in [1.165, 1.54) is 6.07 Å². The van der Waals surface area contributed by atoms with E-state index in [4.69, 9.17) is 0 Å². The van der Waals surface area contributed by atoms with Crippen molar-refractivity contribution >= 4 is 34.1 Å². The summed E-state index contributed by atoms with van der Waals surface area (Å²) in [6.07, 6.45) is 5.66. The number of nitrogens with zero attached hydrogens (tertiary/aromatic N) is 1. The maximum Gasteiger partial charge on any atom is 0.275 e. The molecule has 7 nitrogen and oxygen atoms in total. The second-order valence-corrected chi connectivity index (χ2v) is 9.41. The smallest absolute Gasteiger partial charge is 0.275 e. The first kappa shape index (κ1) is 28.6. The minimum Gasteiger partial charge on any atom is -0.507 e. The Hall–Kier alpha value is -4.00. The van der Waals surface area contributed by atoms with Crippen molar-refractivity contribution in [2.45, 2.75) is 64.7 Å². The lowest BCUT2D eigenvalue weighted by Crippen LogP contribution is -2.26. The van der Waals surface area contributed by atoms with Gasteiger partial charge >= 0.3 is 0 Å². The van der Waals surface area contributed by atoms with Crippen LogP contribution in [0.5, 0.6) is 5.75 Å². The number of Topliss-reactive ketones (excluding diaryl/α,β-unsaturated/α-hetero) is 1. The Bertz CT molecular complexity index is 1250. The summed E-state index contributed by atoms with van der Waals surface area (Å²) in [5.41, 5.74) is 4.41. The van der Waals surface area contributed by atoms with Crippen molar-refractivity contribution in [3.8, 4) is 5.75 Å². The maximum atomic E-state index is 12.9. The average Bonchev–Trinajstić information content (AvgIpc) is 2.93. The van der Waals surface area contributed by atoms with Crippen LogP contribution < -0.4 is 10.7 Å². The lowest BCUT2D eigenvalue weighted by Gasteiger charge is -2.10. The quantitative estimate of drug-likeness (QED) is 0.137. The van der Waals surface area contributed by atoms with E-state index in [0.717, 1.165) is 43.1 Å². The van der Waals surface area contributed by atoms with E-state index in [2.05, 4.69) is 22.8 Å². The first-order valence-corrected chi connectivity index (χ1v) is 13.4. The van der Waals surface area contributed by atoms with Crippen molar-refractivity contribution in [3.63, 3.8) is 0 Å². The first-order chi connectivity index (χ1) is 18.5. The Morgan fingerprint density at radius 3 is 2.39 bits per heavy atom. The Morgan fingerprint density at radius 1 is 0.842 bits per heavy atom. The van der Waals surface area contributed by atoms with Gasteiger partial charge in [-0.15, -0.1) is 0 Å². The average molecular weight is 516 g/mol. The summed E-state index contributed by atoms with van der Waals surface area (Å²) in [5.74, 6) is -0.916. The number of hydrogen-bond acceptors (Lipinski definition) is 5. The highest BCUT2D eigenvalue weighted by Gasteiger charge is 2.16. The van der Waals surface area contributed by atoms with Crippen LogP contribution in [0.15, 0.2) is 71.8 Å². The van der Waals surface area contributed by atoms with Gasteiger partial charge in [0.15, 0.2) is 0 Å². The van der Waals surface area contributed by atoms with Gasteiger partial charge in [-0.2, -0.15) is 5.10 Å². The van der Waals surface area contributed by atoms with Gasteiger partial charge < -0.3 is 10.4 Å². The number of nitrogens with one attached hydrogen (secondary N) is 2. The molecule has 38 heavy (non-hydrogen) atoms. The number of carbonyl (C=O) groups is 3. The molecule has 7 heteroatoms. The fourth-order valence-electron chi connectivity index (χ4n) is 4.27. The third-order valence-corrected chi connectivity index (χ3v) is 6.38. The van der Waals surface area contributed by atoms with Gasteiger partial charge in [-0.3, -0.25) is 14.4 Å². The Labute approximate surface area is 224 Å². The Kier molecular flexibility index (Phi) is 11.5. The topological polar surface area (TPSA) is 108 Å². The van der Waals surface area contributed by atoms with Crippen LogP contribution in [0.3, 0.4) is 0 Å². The molecule has 0 radical (unpaired) electrons. The second-order valence-electron chi connectivity index (χ2n) is 9.41. The molecule has 0 aliphatic carbocycles. The molecule has 0 aromatic heterocycles. The highest BCUT2D eigenvalue weighted by atomic mass is 16.3. The summed E-state index contributed by atoms with van der Waals surface area (Å²) in [6, 6.07) is 20.4. The molecular weight excluding hydrogens is 478 g/mol. The van der Waals surface area contributed by atoms with Gasteiger partial charge in [0.05, 0.1) is 5.56 Å². The van der Waals surface area contributed by atoms with E-state index < -0.39 is 5.91 Å². The molecular formula is C31H37N3O4. The number of hydrazone groups is 1. The predicted octanol–water partition coefficient (Wildman–Crippen LogP) is 5.70. The number of unbranched alkanes of at least 4 members (excludes halogenated alkanes) is 3. The molecule has 0 aliphatic heterocycles. The van der Waals surface area contributed by atoms with Gasteiger partial charge in [-0.1, -0.05) is 86.8 Å². The van der Waals surface area contributed by atoms with Crippen molar-refractivity contribution in [3.05, 3.63) is 77.9 Å². The van der Waals surface area contributed by atoms with Crippen molar-refractivity contribution in [2.24, 2.45) is 5.10 Å². The van der Waals surface area contributed by atoms with E-state index in [1.54, 1.807) is 18.2 Å². The van der Waals surface area contributed by atoms with Crippen LogP contribution in [0.2, 0.25) is 0 Å². The monoisotopic (exact) mass is 515 g/mol. The second kappa shape index (κ2) is 15.3. The number of fused-ring (bicyclic) bond motifs is 1. The van der Waals surface area contributed by atoms with Gasteiger partial charge in [0, 0.05) is 31.5 Å². The van der Waals surface area contributed by atoms with Gasteiger partial charge in [0.25, 0.3) is 5.91 Å². The van der Waals surface area contributed by atoms with E-state index in [9.17, 15) is 19.5 Å². The lowest BCUT2D eigenvalue weighted by atomic mass is 10.0. The van der Waals surface area contributed by atoms with Crippen molar-refractivity contribution < 1.29 is 19.5 Å². The van der Waals surface area contributed by atoms with Crippen molar-refractivity contribution in [1.29, 1.82) is 0 Å². The van der Waals surface area contributed by atoms with Crippen LogP contribution in [0, 0.1) is 0 Å². The fraction of sp³-hybridized carbons (Fsp3) is 0.355. The summed E-state index contributed by atoms with van der Waals surface area (Å²) in [7, 11) is 0. The molecule has 2 amide bonds. The third kappa shape index (κ3) is 9.14. The van der Waals surface area contributed by atoms with Crippen molar-refractivity contribution in [1.82, 2.24) is 10.7 Å². The molecule has 200 valence electrons. The van der Waals surface area contributed by atoms with Gasteiger partial charge in [-0.25, -0.2) is 5.43 Å². The van der Waals surface area contributed by atoms with Gasteiger partial charge in [0.2, 0.25) is 5.91 Å². The number of benzene rings is 3. The minimum atomic E-state index is -0.532. The highest BCUT2D eigenvalue weighted by Crippen LogP contribution is 2.27. The predicted molar refractivity (Wildman–Crippen MR) is 151 cm³/mol. The van der Waals surface area contributed by atoms with Crippen LogP contribution in [0.1, 0.15) is 74.2 Å². The maximum absolute atomic E-state index is 12.9. The van der Waals surface area contributed by atoms with E-state index >= 15 is 0 Å². The van der Waals surface area contributed by atoms with E-state index in [1.807, 2.05) is 42.5 Å². The number of rotatable bonds is 15. The number of aromatic hydroxyl groups is 1. The van der Waals surface area contributed by atoms with E-state index in [-0.39, 0.29) is 42.3 Å². The molecule has 0 spiro atoms. The molecule has 0 aliphatic rings. The number of carbonyl (C=O) groups excluding carboxylic acids is 3. The number of phenols is 1. The molecule has 3 aromatic carbocycles. The van der Waals surface area contributed by atoms with Crippen LogP contribution in [0.25, 0.3) is 10.8 Å². The number of hydrogen-bond donors (Lipinski definition) is 3. The zero-order valence-electron chi connectivity index (χ0n) is 22.0. The van der Waals surface area contributed by atoms with Gasteiger partial charge in [-0.05, 0) is 41.7 Å². The number of ketones is 1. The molecule has 3 N–H and O–H groups in total. The Balaban J connectivity index is 1.56. The van der Waals surface area contributed by atoms with Gasteiger partial charge in [0.1, 0.15) is 11.5 Å². The minimum absolute atomic E-state index is 0.0746. The molecule has 0 heterocycles. The molecule has 0 unspecified atom stereocenters. The zero-order valence-corrected chi connectivity index (χ0v) is 22.0. The summed E-state index contributed by atoms with van der Waals surface area (Å²) in [5, 5.41) is 18.9. The number of phenolic OH excluding ortho intramolecular Hbond substituents is 1. The van der Waals surface area contributed by atoms with Crippen LogP contribution in [-0.2, 0) is 16.0 Å². The summed E-state index contributed by atoms with van der Waals surface area (Å²) >= 11 is 0. The number of amides is 2. The summed E-state index contributed by atoms with van der Waals surface area (Å²) in [6.45, 7) is 2.65. The fourth-order valence-corrected chi connectivity index (χ4v) is 4.27.